The van der Waals surface area contributed by atoms with Crippen LogP contribution in [0, 0.1) is 17.0 Å². The zero-order valence-electron chi connectivity index (χ0n) is 18.5. The summed E-state index contributed by atoms with van der Waals surface area (Å²) in [6.07, 6.45) is -0.122. The second-order valence-electron chi connectivity index (χ2n) is 8.26. The van der Waals surface area contributed by atoms with E-state index in [1.165, 1.54) is 6.07 Å². The highest BCUT2D eigenvalue weighted by atomic mass is 16.6. The van der Waals surface area contributed by atoms with E-state index >= 15 is 0 Å². The first-order valence-corrected chi connectivity index (χ1v) is 11.0. The Balaban J connectivity index is 1.42. The summed E-state index contributed by atoms with van der Waals surface area (Å²) in [5.74, 6) is 0.681. The molecule has 0 aliphatic carbocycles. The van der Waals surface area contributed by atoms with Crippen molar-refractivity contribution in [2.24, 2.45) is 0 Å². The normalized spacial score (nSPS) is 23.5. The smallest absolute Gasteiger partial charge is 0.293 e. The first kappa shape index (κ1) is 25.0. The molecule has 1 aliphatic heterocycles. The lowest BCUT2D eigenvalue weighted by atomic mass is 9.94. The van der Waals surface area contributed by atoms with E-state index in [9.17, 15) is 30.5 Å². The summed E-state index contributed by atoms with van der Waals surface area (Å²) in [7, 11) is 0. The summed E-state index contributed by atoms with van der Waals surface area (Å²) in [5, 5.41) is 57.5. The van der Waals surface area contributed by atoms with Crippen molar-refractivity contribution in [3.8, 4) is 11.4 Å². The van der Waals surface area contributed by atoms with Gasteiger partial charge in [-0.05, 0) is 31.5 Å². The van der Waals surface area contributed by atoms with E-state index in [4.69, 9.17) is 4.52 Å². The number of aromatic nitrogens is 2. The number of nitrogens with one attached hydrogen (secondary N) is 1. The van der Waals surface area contributed by atoms with E-state index in [-0.39, 0.29) is 18.8 Å². The van der Waals surface area contributed by atoms with E-state index < -0.39 is 29.3 Å². The molecule has 4 atom stereocenters. The number of aliphatic hydroxyl groups is 4. The van der Waals surface area contributed by atoms with E-state index in [0.717, 1.165) is 25.7 Å². The lowest BCUT2D eigenvalue weighted by Gasteiger charge is -2.43. The molecule has 33 heavy (non-hydrogen) atoms. The Bertz CT molecular complexity index is 924. The number of rotatable bonds is 11. The molecule has 1 saturated heterocycles. The maximum Gasteiger partial charge on any atom is 0.293 e. The summed E-state index contributed by atoms with van der Waals surface area (Å²) in [6.45, 7) is 2.71. The standard InChI is InChI=1S/C21H31N5O7/c1-13-23-21(24-33-13)14-6-7-15(16(10-14)26(31)32)22-8-4-2-3-5-9-25-11-18(28)20(30)19(29)17(25)12-27/h6-7,10,17-20,22,27-30H,2-5,8-9,11-12H2,1H3/t17-,18+,19-,20-/m1/s1. The molecular weight excluding hydrogens is 434 g/mol. The maximum atomic E-state index is 11.5. The van der Waals surface area contributed by atoms with Gasteiger partial charge in [0.05, 0.1) is 23.7 Å². The second-order valence-corrected chi connectivity index (χ2v) is 8.26. The molecular formula is C21H31N5O7. The molecule has 1 aromatic carbocycles. The number of nitro groups is 1. The Morgan fingerprint density at radius 3 is 2.64 bits per heavy atom. The first-order chi connectivity index (χ1) is 15.8. The number of hydrogen-bond donors (Lipinski definition) is 5. The van der Waals surface area contributed by atoms with Gasteiger partial charge in [0, 0.05) is 31.6 Å². The molecule has 182 valence electrons. The van der Waals surface area contributed by atoms with Crippen molar-refractivity contribution >= 4 is 11.4 Å². The summed E-state index contributed by atoms with van der Waals surface area (Å²) >= 11 is 0. The number of benzene rings is 1. The van der Waals surface area contributed by atoms with Gasteiger partial charge < -0.3 is 30.3 Å². The predicted molar refractivity (Wildman–Crippen MR) is 119 cm³/mol. The first-order valence-electron chi connectivity index (χ1n) is 11.0. The van der Waals surface area contributed by atoms with Gasteiger partial charge in [0.1, 0.15) is 17.9 Å². The van der Waals surface area contributed by atoms with Crippen LogP contribution < -0.4 is 5.32 Å². The molecule has 0 bridgehead atoms. The zero-order valence-corrected chi connectivity index (χ0v) is 18.5. The van der Waals surface area contributed by atoms with Crippen LogP contribution in [0.5, 0.6) is 0 Å². The lowest BCUT2D eigenvalue weighted by molar-refractivity contribution is -0.383. The van der Waals surface area contributed by atoms with Gasteiger partial charge in [0.15, 0.2) is 0 Å². The van der Waals surface area contributed by atoms with Crippen molar-refractivity contribution in [2.75, 3.05) is 31.6 Å². The quantitative estimate of drug-likeness (QED) is 0.179. The highest BCUT2D eigenvalue weighted by Crippen LogP contribution is 2.29. The van der Waals surface area contributed by atoms with Gasteiger partial charge in [-0.25, -0.2) is 0 Å². The van der Waals surface area contributed by atoms with Crippen LogP contribution in [0.3, 0.4) is 0 Å². The number of aryl methyl sites for hydroxylation is 1. The van der Waals surface area contributed by atoms with Gasteiger partial charge in [-0.15, -0.1) is 0 Å². The number of piperidine rings is 1. The van der Waals surface area contributed by atoms with Crippen LogP contribution in [0.4, 0.5) is 11.4 Å². The number of β-amino-alcohol motifs (C(OH)–C–C–N with tert-alkyl or cyclic N) is 1. The topological polar surface area (TPSA) is 178 Å². The number of nitro benzene ring substituents is 1. The second kappa shape index (κ2) is 11.5. The number of hydrogen-bond acceptors (Lipinski definition) is 11. The van der Waals surface area contributed by atoms with Crippen LogP contribution in [0.2, 0.25) is 0 Å². The van der Waals surface area contributed by atoms with Gasteiger partial charge in [-0.3, -0.25) is 15.0 Å². The third-order valence-corrected chi connectivity index (χ3v) is 5.88. The summed E-state index contributed by atoms with van der Waals surface area (Å²) in [4.78, 5) is 16.9. The average molecular weight is 466 g/mol. The van der Waals surface area contributed by atoms with Gasteiger partial charge in [-0.2, -0.15) is 4.98 Å². The number of nitrogens with zero attached hydrogens (tertiary/aromatic N) is 4. The Labute approximate surface area is 191 Å². The Morgan fingerprint density at radius 2 is 1.97 bits per heavy atom. The zero-order chi connectivity index (χ0) is 24.0. The number of unbranched alkanes of at least 4 members (excludes halogenated alkanes) is 3. The Hall–Kier alpha value is -2.64. The molecule has 2 heterocycles. The summed E-state index contributed by atoms with van der Waals surface area (Å²) in [5.41, 5.74) is 0.866. The molecule has 2 aromatic rings. The third kappa shape index (κ3) is 6.24. The molecule has 1 aliphatic rings. The van der Waals surface area contributed by atoms with Crippen LogP contribution in [0.1, 0.15) is 31.6 Å². The van der Waals surface area contributed by atoms with Crippen molar-refractivity contribution < 1.29 is 29.9 Å². The molecule has 0 amide bonds. The molecule has 3 rings (SSSR count). The summed E-state index contributed by atoms with van der Waals surface area (Å²) < 4.78 is 4.93. The van der Waals surface area contributed by atoms with E-state index in [0.29, 0.717) is 36.1 Å². The van der Waals surface area contributed by atoms with Crippen LogP contribution in [-0.2, 0) is 0 Å². The Morgan fingerprint density at radius 1 is 1.21 bits per heavy atom. The van der Waals surface area contributed by atoms with Crippen LogP contribution in [0.15, 0.2) is 22.7 Å². The summed E-state index contributed by atoms with van der Waals surface area (Å²) in [6, 6.07) is 4.17. The van der Waals surface area contributed by atoms with Gasteiger partial charge in [-0.1, -0.05) is 18.0 Å². The predicted octanol–water partition coefficient (Wildman–Crippen LogP) is 0.685. The van der Waals surface area contributed by atoms with Gasteiger partial charge >= 0.3 is 0 Å². The molecule has 12 heteroatoms. The number of likely N-dealkylation sites (tertiary alicyclic amines) is 1. The van der Waals surface area contributed by atoms with Gasteiger partial charge in [0.2, 0.25) is 11.7 Å². The molecule has 1 fully saturated rings. The van der Waals surface area contributed by atoms with Crippen molar-refractivity contribution in [1.82, 2.24) is 15.0 Å². The van der Waals surface area contributed by atoms with E-state index in [1.807, 2.05) is 0 Å². The highest BCUT2D eigenvalue weighted by molar-refractivity contribution is 5.70. The van der Waals surface area contributed by atoms with Crippen LogP contribution >= 0.6 is 0 Å². The average Bonchev–Trinajstić information content (AvgIpc) is 3.23. The minimum Gasteiger partial charge on any atom is -0.395 e. The molecule has 0 unspecified atom stereocenters. The fraction of sp³-hybridized carbons (Fsp3) is 0.619. The molecule has 0 spiro atoms. The van der Waals surface area contributed by atoms with Crippen molar-refractivity contribution in [3.63, 3.8) is 0 Å². The third-order valence-electron chi connectivity index (χ3n) is 5.88. The molecule has 0 radical (unpaired) electrons. The van der Waals surface area contributed by atoms with Crippen molar-refractivity contribution in [3.05, 3.63) is 34.2 Å². The van der Waals surface area contributed by atoms with E-state index in [2.05, 4.69) is 15.5 Å². The van der Waals surface area contributed by atoms with E-state index in [1.54, 1.807) is 24.0 Å². The largest absolute Gasteiger partial charge is 0.395 e. The van der Waals surface area contributed by atoms with Gasteiger partial charge in [0.25, 0.3) is 5.69 Å². The lowest BCUT2D eigenvalue weighted by Crippen LogP contribution is -2.62. The fourth-order valence-corrected chi connectivity index (χ4v) is 4.04. The monoisotopic (exact) mass is 465 g/mol. The minimum absolute atomic E-state index is 0.0607. The maximum absolute atomic E-state index is 11.5. The Kier molecular flexibility index (Phi) is 8.69. The molecule has 5 N–H and O–H groups in total. The van der Waals surface area contributed by atoms with Crippen LogP contribution in [0.25, 0.3) is 11.4 Å². The molecule has 12 nitrogen and oxygen atoms in total. The molecule has 1 aromatic heterocycles. The fourth-order valence-electron chi connectivity index (χ4n) is 4.04. The highest BCUT2D eigenvalue weighted by Gasteiger charge is 2.40. The van der Waals surface area contributed by atoms with Crippen molar-refractivity contribution in [1.29, 1.82) is 0 Å². The molecule has 0 saturated carbocycles. The number of aliphatic hydroxyl groups excluding tert-OH is 4. The minimum atomic E-state index is -1.25. The number of anilines is 1. The van der Waals surface area contributed by atoms with Crippen molar-refractivity contribution in [2.45, 2.75) is 57.0 Å². The SMILES string of the molecule is Cc1nc(-c2ccc(NCCCCCCN3C[C@H](O)[C@@H](O)[C@H](O)[C@H]3CO)c([N+](=O)[O-])c2)no1. The van der Waals surface area contributed by atoms with Crippen LogP contribution in [-0.4, -0.2) is 91.0 Å².